The number of nitrogens with zero attached hydrogens (tertiary/aromatic N) is 1. The van der Waals surface area contributed by atoms with Gasteiger partial charge < -0.3 is 15.0 Å². The van der Waals surface area contributed by atoms with E-state index in [0.717, 1.165) is 22.4 Å². The fourth-order valence-electron chi connectivity index (χ4n) is 3.00. The summed E-state index contributed by atoms with van der Waals surface area (Å²) in [6.07, 6.45) is 0. The van der Waals surface area contributed by atoms with Crippen LogP contribution in [0, 0.1) is 20.8 Å². The summed E-state index contributed by atoms with van der Waals surface area (Å²) in [7, 11) is 1.60. The molecule has 0 radical (unpaired) electrons. The van der Waals surface area contributed by atoms with Crippen molar-refractivity contribution >= 4 is 17.5 Å². The van der Waals surface area contributed by atoms with E-state index in [9.17, 15) is 9.59 Å². The van der Waals surface area contributed by atoms with Gasteiger partial charge in [-0.15, -0.1) is 0 Å². The standard InChI is InChI=1S/C23H30N2O3/c1-15(2)20-10-9-19(12-18(20)5)28-14-23(27)25(6)13-22(26)24-21-11-16(3)7-8-17(21)4/h7-12,15H,13-14H2,1-6H3,(H,24,26). The monoisotopic (exact) mass is 382 g/mol. The highest BCUT2D eigenvalue weighted by molar-refractivity contribution is 5.95. The summed E-state index contributed by atoms with van der Waals surface area (Å²) in [4.78, 5) is 25.9. The third-order valence-corrected chi connectivity index (χ3v) is 4.70. The number of carbonyl (C=O) groups is 2. The number of likely N-dealkylation sites (N-methyl/N-ethyl adjacent to an activating group) is 1. The van der Waals surface area contributed by atoms with Crippen LogP contribution >= 0.6 is 0 Å². The number of amides is 2. The lowest BCUT2D eigenvalue weighted by atomic mass is 9.98. The Morgan fingerprint density at radius 3 is 2.39 bits per heavy atom. The Hall–Kier alpha value is -2.82. The van der Waals surface area contributed by atoms with Crippen LogP contribution in [0.15, 0.2) is 36.4 Å². The van der Waals surface area contributed by atoms with Crippen molar-refractivity contribution in [2.24, 2.45) is 0 Å². The molecule has 2 aromatic rings. The van der Waals surface area contributed by atoms with Gasteiger partial charge in [-0.2, -0.15) is 0 Å². The molecule has 1 N–H and O–H groups in total. The van der Waals surface area contributed by atoms with Crippen molar-refractivity contribution in [3.63, 3.8) is 0 Å². The van der Waals surface area contributed by atoms with E-state index in [1.54, 1.807) is 7.05 Å². The number of hydrogen-bond donors (Lipinski definition) is 1. The summed E-state index contributed by atoms with van der Waals surface area (Å²) >= 11 is 0. The second kappa shape index (κ2) is 9.40. The Morgan fingerprint density at radius 1 is 1.04 bits per heavy atom. The van der Waals surface area contributed by atoms with Gasteiger partial charge in [-0.25, -0.2) is 0 Å². The first-order valence-corrected chi connectivity index (χ1v) is 9.51. The molecule has 2 rings (SSSR count). The first kappa shape index (κ1) is 21.5. The average molecular weight is 383 g/mol. The van der Waals surface area contributed by atoms with Crippen LogP contribution in [-0.2, 0) is 9.59 Å². The molecule has 0 aliphatic rings. The van der Waals surface area contributed by atoms with Crippen molar-refractivity contribution in [1.82, 2.24) is 4.90 Å². The molecule has 5 heteroatoms. The number of carbonyl (C=O) groups excluding carboxylic acids is 2. The molecule has 0 aromatic heterocycles. The van der Waals surface area contributed by atoms with Gasteiger partial charge in [0.2, 0.25) is 5.91 Å². The van der Waals surface area contributed by atoms with Gasteiger partial charge in [0, 0.05) is 12.7 Å². The second-order valence-electron chi connectivity index (χ2n) is 7.58. The third kappa shape index (κ3) is 5.84. The lowest BCUT2D eigenvalue weighted by Crippen LogP contribution is -2.37. The van der Waals surface area contributed by atoms with E-state index in [0.29, 0.717) is 11.7 Å². The highest BCUT2D eigenvalue weighted by Gasteiger charge is 2.15. The number of anilines is 1. The molecule has 0 aliphatic carbocycles. The maximum atomic E-state index is 12.3. The van der Waals surface area contributed by atoms with Crippen molar-refractivity contribution in [3.8, 4) is 5.75 Å². The molecule has 2 amide bonds. The minimum Gasteiger partial charge on any atom is -0.484 e. The Labute approximate surface area is 167 Å². The van der Waals surface area contributed by atoms with E-state index in [4.69, 9.17) is 4.74 Å². The summed E-state index contributed by atoms with van der Waals surface area (Å²) in [6, 6.07) is 11.7. The van der Waals surface area contributed by atoms with Crippen LogP contribution in [0.3, 0.4) is 0 Å². The molecule has 2 aromatic carbocycles. The van der Waals surface area contributed by atoms with Crippen molar-refractivity contribution in [3.05, 3.63) is 58.7 Å². The van der Waals surface area contributed by atoms with Crippen LogP contribution in [0.4, 0.5) is 5.69 Å². The summed E-state index contributed by atoms with van der Waals surface area (Å²) < 4.78 is 5.62. The number of aryl methyl sites for hydroxylation is 3. The number of rotatable bonds is 7. The zero-order valence-electron chi connectivity index (χ0n) is 17.6. The van der Waals surface area contributed by atoms with Gasteiger partial charge in [0.05, 0.1) is 6.54 Å². The van der Waals surface area contributed by atoms with E-state index >= 15 is 0 Å². The fourth-order valence-corrected chi connectivity index (χ4v) is 3.00. The predicted molar refractivity (Wildman–Crippen MR) is 113 cm³/mol. The molecule has 0 aliphatic heterocycles. The van der Waals surface area contributed by atoms with Gasteiger partial charge in [-0.3, -0.25) is 9.59 Å². The number of hydrogen-bond acceptors (Lipinski definition) is 3. The van der Waals surface area contributed by atoms with E-state index in [1.165, 1.54) is 10.5 Å². The molecule has 0 saturated heterocycles. The van der Waals surface area contributed by atoms with Gasteiger partial charge in [0.1, 0.15) is 5.75 Å². The SMILES string of the molecule is Cc1ccc(C)c(NC(=O)CN(C)C(=O)COc2ccc(C(C)C)c(C)c2)c1. The smallest absolute Gasteiger partial charge is 0.260 e. The Kier molecular flexibility index (Phi) is 7.21. The highest BCUT2D eigenvalue weighted by atomic mass is 16.5. The van der Waals surface area contributed by atoms with E-state index in [2.05, 4.69) is 19.2 Å². The Balaban J connectivity index is 1.88. The molecule has 5 nitrogen and oxygen atoms in total. The predicted octanol–water partition coefficient (Wildman–Crippen LogP) is 4.21. The first-order chi connectivity index (χ1) is 13.2. The lowest BCUT2D eigenvalue weighted by molar-refractivity contribution is -0.135. The summed E-state index contributed by atoms with van der Waals surface area (Å²) in [6.45, 7) is 10.1. The summed E-state index contributed by atoms with van der Waals surface area (Å²) in [5.74, 6) is 0.615. The number of nitrogens with one attached hydrogen (secondary N) is 1. The van der Waals surface area contributed by atoms with E-state index in [-0.39, 0.29) is 25.0 Å². The molecular weight excluding hydrogens is 352 g/mol. The zero-order valence-corrected chi connectivity index (χ0v) is 17.6. The molecule has 0 spiro atoms. The van der Waals surface area contributed by atoms with Crippen molar-refractivity contribution in [2.75, 3.05) is 25.5 Å². The van der Waals surface area contributed by atoms with Crippen molar-refractivity contribution < 1.29 is 14.3 Å². The van der Waals surface area contributed by atoms with Crippen LogP contribution in [-0.4, -0.2) is 36.9 Å². The van der Waals surface area contributed by atoms with Crippen LogP contribution < -0.4 is 10.1 Å². The fraction of sp³-hybridized carbons (Fsp3) is 0.391. The summed E-state index contributed by atoms with van der Waals surface area (Å²) in [5, 5.41) is 2.86. The quantitative estimate of drug-likeness (QED) is 0.780. The number of benzene rings is 2. The first-order valence-electron chi connectivity index (χ1n) is 9.51. The summed E-state index contributed by atoms with van der Waals surface area (Å²) in [5.41, 5.74) is 5.22. The van der Waals surface area contributed by atoms with Crippen molar-refractivity contribution in [2.45, 2.75) is 40.5 Å². The van der Waals surface area contributed by atoms with E-state index < -0.39 is 0 Å². The van der Waals surface area contributed by atoms with Gasteiger partial charge in [0.15, 0.2) is 6.61 Å². The van der Waals surface area contributed by atoms with Gasteiger partial charge in [-0.1, -0.05) is 32.0 Å². The molecule has 0 saturated carbocycles. The molecule has 28 heavy (non-hydrogen) atoms. The van der Waals surface area contributed by atoms with Crippen LogP contribution in [0.25, 0.3) is 0 Å². The normalized spacial score (nSPS) is 10.7. The largest absolute Gasteiger partial charge is 0.484 e. The molecule has 150 valence electrons. The average Bonchev–Trinajstić information content (AvgIpc) is 2.62. The third-order valence-electron chi connectivity index (χ3n) is 4.70. The van der Waals surface area contributed by atoms with Crippen molar-refractivity contribution in [1.29, 1.82) is 0 Å². The molecule has 0 fully saturated rings. The lowest BCUT2D eigenvalue weighted by Gasteiger charge is -2.18. The zero-order chi connectivity index (χ0) is 20.8. The van der Waals surface area contributed by atoms with Crippen LogP contribution in [0.1, 0.15) is 42.0 Å². The molecule has 0 unspecified atom stereocenters. The maximum Gasteiger partial charge on any atom is 0.260 e. The van der Waals surface area contributed by atoms with Gasteiger partial charge in [0.25, 0.3) is 5.91 Å². The molecule has 0 bridgehead atoms. The molecular formula is C23H30N2O3. The Bertz CT molecular complexity index is 859. The minimum absolute atomic E-state index is 0.0269. The maximum absolute atomic E-state index is 12.3. The van der Waals surface area contributed by atoms with Gasteiger partial charge >= 0.3 is 0 Å². The van der Waals surface area contributed by atoms with Gasteiger partial charge in [-0.05, 0) is 67.1 Å². The topological polar surface area (TPSA) is 58.6 Å². The number of ether oxygens (including phenoxy) is 1. The molecule has 0 heterocycles. The highest BCUT2D eigenvalue weighted by Crippen LogP contribution is 2.23. The minimum atomic E-state index is -0.248. The second-order valence-corrected chi connectivity index (χ2v) is 7.58. The Morgan fingerprint density at radius 2 is 1.75 bits per heavy atom. The molecule has 0 atom stereocenters. The van der Waals surface area contributed by atoms with Crippen LogP contribution in [0.2, 0.25) is 0 Å². The van der Waals surface area contributed by atoms with E-state index in [1.807, 2.05) is 57.2 Å². The van der Waals surface area contributed by atoms with Crippen LogP contribution in [0.5, 0.6) is 5.75 Å².